The van der Waals surface area contributed by atoms with Gasteiger partial charge in [-0.25, -0.2) is 4.79 Å². The molecule has 0 aromatic heterocycles. The van der Waals surface area contributed by atoms with Gasteiger partial charge in [0.1, 0.15) is 6.54 Å². The van der Waals surface area contributed by atoms with E-state index in [0.717, 1.165) is 29.2 Å². The number of aliphatic hydroxyl groups excluding tert-OH is 1. The SMILES string of the molecule is CN1CC(=O)N(C[C@H](O)c2ccc(C(F)(F)F)cc2)C1=O. The van der Waals surface area contributed by atoms with Crippen molar-refractivity contribution in [1.29, 1.82) is 0 Å². The number of amides is 3. The molecular formula is C13H13F3N2O3. The van der Waals surface area contributed by atoms with Gasteiger partial charge < -0.3 is 10.0 Å². The van der Waals surface area contributed by atoms with Crippen LogP contribution in [-0.2, 0) is 11.0 Å². The quantitative estimate of drug-likeness (QED) is 0.863. The van der Waals surface area contributed by atoms with E-state index in [9.17, 15) is 27.9 Å². The highest BCUT2D eigenvalue weighted by Crippen LogP contribution is 2.30. The number of β-amino-alcohol motifs (C(OH)–C–C–N with tert-alkyl or cyclic N) is 1. The molecule has 1 saturated heterocycles. The molecule has 114 valence electrons. The molecule has 1 aromatic carbocycles. The number of carbonyl (C=O) groups excluding carboxylic acids is 2. The van der Waals surface area contributed by atoms with Crippen LogP contribution in [0, 0.1) is 0 Å². The van der Waals surface area contributed by atoms with E-state index in [-0.39, 0.29) is 18.7 Å². The number of halogens is 3. The second kappa shape index (κ2) is 5.36. The Bertz CT molecular complexity index is 557. The molecule has 1 heterocycles. The molecule has 1 aromatic rings. The zero-order valence-electron chi connectivity index (χ0n) is 11.1. The van der Waals surface area contributed by atoms with Crippen molar-refractivity contribution < 1.29 is 27.9 Å². The Morgan fingerprint density at radius 3 is 2.24 bits per heavy atom. The van der Waals surface area contributed by atoms with Crippen molar-refractivity contribution in [2.45, 2.75) is 12.3 Å². The van der Waals surface area contributed by atoms with Gasteiger partial charge in [0, 0.05) is 7.05 Å². The number of hydrogen-bond donors (Lipinski definition) is 1. The zero-order valence-corrected chi connectivity index (χ0v) is 11.1. The molecule has 21 heavy (non-hydrogen) atoms. The Balaban J connectivity index is 2.09. The third-order valence-electron chi connectivity index (χ3n) is 3.21. The van der Waals surface area contributed by atoms with Gasteiger partial charge in [0.25, 0.3) is 0 Å². The number of benzene rings is 1. The number of hydrogen-bond acceptors (Lipinski definition) is 3. The van der Waals surface area contributed by atoms with Gasteiger partial charge in [-0.2, -0.15) is 13.2 Å². The number of urea groups is 1. The van der Waals surface area contributed by atoms with Gasteiger partial charge in [0.2, 0.25) is 5.91 Å². The molecule has 1 fully saturated rings. The van der Waals surface area contributed by atoms with Crippen LogP contribution in [0.3, 0.4) is 0 Å². The van der Waals surface area contributed by atoms with Crippen LogP contribution in [0.5, 0.6) is 0 Å². The molecule has 8 heteroatoms. The van der Waals surface area contributed by atoms with Crippen molar-refractivity contribution in [3.05, 3.63) is 35.4 Å². The number of imide groups is 1. The summed E-state index contributed by atoms with van der Waals surface area (Å²) in [6.45, 7) is -0.355. The lowest BCUT2D eigenvalue weighted by Gasteiger charge is -2.19. The second-order valence-corrected chi connectivity index (χ2v) is 4.78. The van der Waals surface area contributed by atoms with Gasteiger partial charge in [-0.3, -0.25) is 9.69 Å². The smallest absolute Gasteiger partial charge is 0.387 e. The maximum absolute atomic E-state index is 12.4. The highest BCUT2D eigenvalue weighted by molar-refractivity contribution is 6.01. The van der Waals surface area contributed by atoms with Crippen LogP contribution in [0.2, 0.25) is 0 Å². The van der Waals surface area contributed by atoms with Gasteiger partial charge in [-0.15, -0.1) is 0 Å². The molecule has 1 atom stereocenters. The molecule has 0 spiro atoms. The monoisotopic (exact) mass is 302 g/mol. The van der Waals surface area contributed by atoms with Crippen molar-refractivity contribution >= 4 is 11.9 Å². The van der Waals surface area contributed by atoms with Crippen LogP contribution in [0.25, 0.3) is 0 Å². The number of carbonyl (C=O) groups is 2. The summed E-state index contributed by atoms with van der Waals surface area (Å²) in [7, 11) is 1.45. The zero-order chi connectivity index (χ0) is 15.8. The molecule has 5 nitrogen and oxygen atoms in total. The van der Waals surface area contributed by atoms with Crippen molar-refractivity contribution in [3.63, 3.8) is 0 Å². The first-order valence-electron chi connectivity index (χ1n) is 6.11. The third kappa shape index (κ3) is 3.15. The summed E-state index contributed by atoms with van der Waals surface area (Å²) in [5.41, 5.74) is -0.621. The number of likely N-dealkylation sites (N-methyl/N-ethyl adjacent to an activating group) is 1. The molecular weight excluding hydrogens is 289 g/mol. The van der Waals surface area contributed by atoms with Gasteiger partial charge in [-0.05, 0) is 17.7 Å². The average Bonchev–Trinajstić information content (AvgIpc) is 2.64. The summed E-state index contributed by atoms with van der Waals surface area (Å²) >= 11 is 0. The number of rotatable bonds is 3. The standard InChI is InChI=1S/C13H13F3N2O3/c1-17-7-11(20)18(12(17)21)6-10(19)8-2-4-9(5-3-8)13(14,15)16/h2-5,10,19H,6-7H2,1H3/t10-/m0/s1. The fourth-order valence-corrected chi connectivity index (χ4v) is 2.02. The van der Waals surface area contributed by atoms with Crippen molar-refractivity contribution in [2.75, 3.05) is 20.1 Å². The van der Waals surface area contributed by atoms with E-state index in [1.165, 1.54) is 11.9 Å². The van der Waals surface area contributed by atoms with Gasteiger partial charge in [-0.1, -0.05) is 12.1 Å². The van der Waals surface area contributed by atoms with E-state index in [1.807, 2.05) is 0 Å². The minimum absolute atomic E-state index is 0.0709. The molecule has 0 radical (unpaired) electrons. The number of aliphatic hydroxyl groups is 1. The fourth-order valence-electron chi connectivity index (χ4n) is 2.02. The Labute approximate surface area is 118 Å². The van der Waals surface area contributed by atoms with E-state index in [4.69, 9.17) is 0 Å². The van der Waals surface area contributed by atoms with E-state index >= 15 is 0 Å². The molecule has 1 N–H and O–H groups in total. The fraction of sp³-hybridized carbons (Fsp3) is 0.385. The predicted octanol–water partition coefficient (Wildman–Crippen LogP) is 1.63. The topological polar surface area (TPSA) is 60.9 Å². The van der Waals surface area contributed by atoms with E-state index < -0.39 is 29.8 Å². The van der Waals surface area contributed by atoms with E-state index in [2.05, 4.69) is 0 Å². The predicted molar refractivity (Wildman–Crippen MR) is 66.1 cm³/mol. The van der Waals surface area contributed by atoms with Crippen LogP contribution in [-0.4, -0.2) is 47.0 Å². The van der Waals surface area contributed by atoms with Crippen molar-refractivity contribution in [3.8, 4) is 0 Å². The highest BCUT2D eigenvalue weighted by Gasteiger charge is 2.35. The third-order valence-corrected chi connectivity index (χ3v) is 3.21. The summed E-state index contributed by atoms with van der Waals surface area (Å²) in [6.07, 6.45) is -5.68. The maximum Gasteiger partial charge on any atom is 0.416 e. The molecule has 0 unspecified atom stereocenters. The first kappa shape index (κ1) is 15.3. The summed E-state index contributed by atoms with van der Waals surface area (Å²) in [5, 5.41) is 9.95. The Kier molecular flexibility index (Phi) is 3.91. The lowest BCUT2D eigenvalue weighted by molar-refractivity contribution is -0.137. The molecule has 0 bridgehead atoms. The van der Waals surface area contributed by atoms with Crippen LogP contribution < -0.4 is 0 Å². The molecule has 1 aliphatic rings. The highest BCUT2D eigenvalue weighted by atomic mass is 19.4. The summed E-state index contributed by atoms with van der Waals surface area (Å²) in [6, 6.07) is 3.41. The summed E-state index contributed by atoms with van der Waals surface area (Å²) < 4.78 is 37.3. The Morgan fingerprint density at radius 2 is 1.81 bits per heavy atom. The average molecular weight is 302 g/mol. The lowest BCUT2D eigenvalue weighted by atomic mass is 10.1. The molecule has 3 amide bonds. The maximum atomic E-state index is 12.4. The first-order valence-corrected chi connectivity index (χ1v) is 6.11. The summed E-state index contributed by atoms with van der Waals surface area (Å²) in [5.74, 6) is -0.450. The molecule has 2 rings (SSSR count). The Hall–Kier alpha value is -2.09. The minimum Gasteiger partial charge on any atom is -0.387 e. The first-order chi connectivity index (χ1) is 9.70. The lowest BCUT2D eigenvalue weighted by Crippen LogP contribution is -2.35. The molecule has 0 saturated carbocycles. The molecule has 0 aliphatic carbocycles. The van der Waals surface area contributed by atoms with E-state index in [1.54, 1.807) is 0 Å². The normalized spacial score (nSPS) is 17.6. The van der Waals surface area contributed by atoms with Crippen LogP contribution in [0.1, 0.15) is 17.2 Å². The molecule has 1 aliphatic heterocycles. The summed E-state index contributed by atoms with van der Waals surface area (Å²) in [4.78, 5) is 25.3. The minimum atomic E-state index is -4.45. The van der Waals surface area contributed by atoms with Gasteiger partial charge in [0.05, 0.1) is 18.2 Å². The Morgan fingerprint density at radius 1 is 1.24 bits per heavy atom. The largest absolute Gasteiger partial charge is 0.416 e. The van der Waals surface area contributed by atoms with Crippen molar-refractivity contribution in [2.24, 2.45) is 0 Å². The van der Waals surface area contributed by atoms with Crippen LogP contribution >= 0.6 is 0 Å². The number of alkyl halides is 3. The van der Waals surface area contributed by atoms with Crippen molar-refractivity contribution in [1.82, 2.24) is 9.80 Å². The van der Waals surface area contributed by atoms with E-state index in [0.29, 0.717) is 0 Å². The van der Waals surface area contributed by atoms with Gasteiger partial charge >= 0.3 is 12.2 Å². The second-order valence-electron chi connectivity index (χ2n) is 4.78. The number of nitrogens with zero attached hydrogens (tertiary/aromatic N) is 2. The van der Waals surface area contributed by atoms with Crippen LogP contribution in [0.15, 0.2) is 24.3 Å². The van der Waals surface area contributed by atoms with Crippen LogP contribution in [0.4, 0.5) is 18.0 Å². The van der Waals surface area contributed by atoms with Gasteiger partial charge in [0.15, 0.2) is 0 Å².